The summed E-state index contributed by atoms with van der Waals surface area (Å²) >= 11 is 4.90. The van der Waals surface area contributed by atoms with Gasteiger partial charge in [-0.05, 0) is 6.92 Å². The minimum atomic E-state index is -0.802. The molecule has 0 unspecified atom stereocenters. The van der Waals surface area contributed by atoms with E-state index in [1.54, 1.807) is 0 Å². The van der Waals surface area contributed by atoms with E-state index in [1.807, 2.05) is 6.92 Å². The lowest BCUT2D eigenvalue weighted by Gasteiger charge is -2.03. The Hall–Kier alpha value is -0.320. The van der Waals surface area contributed by atoms with Crippen molar-refractivity contribution in [2.24, 2.45) is 0 Å². The van der Waals surface area contributed by atoms with Gasteiger partial charge in [-0.2, -0.15) is 0 Å². The molecule has 0 spiro atoms. The minimum absolute atomic E-state index is 0.189. The van der Waals surface area contributed by atoms with E-state index >= 15 is 0 Å². The third kappa shape index (κ3) is 9.68. The molecule has 0 bridgehead atoms. The van der Waals surface area contributed by atoms with Crippen LogP contribution >= 0.6 is 11.6 Å². The van der Waals surface area contributed by atoms with E-state index in [0.29, 0.717) is 26.4 Å². The van der Waals surface area contributed by atoms with Crippen LogP contribution in [0.15, 0.2) is 0 Å². The second-order valence-corrected chi connectivity index (χ2v) is 2.20. The van der Waals surface area contributed by atoms with Gasteiger partial charge in [0.15, 0.2) is 0 Å². The summed E-state index contributed by atoms with van der Waals surface area (Å²) in [7, 11) is 0. The second-order valence-electron chi connectivity index (χ2n) is 1.90. The van der Waals surface area contributed by atoms with Gasteiger partial charge < -0.3 is 14.2 Å². The Morgan fingerprint density at radius 1 is 1.17 bits per heavy atom. The van der Waals surface area contributed by atoms with Gasteiger partial charge in [-0.3, -0.25) is 0 Å². The summed E-state index contributed by atoms with van der Waals surface area (Å²) in [5.74, 6) is 0. The van der Waals surface area contributed by atoms with Crippen LogP contribution in [0.2, 0.25) is 0 Å². The van der Waals surface area contributed by atoms with Gasteiger partial charge in [-0.1, -0.05) is 0 Å². The molecule has 0 atom stereocenters. The van der Waals surface area contributed by atoms with Crippen LogP contribution in [0.4, 0.5) is 4.79 Å². The average molecular weight is 197 g/mol. The van der Waals surface area contributed by atoms with E-state index in [2.05, 4.69) is 4.74 Å². The number of ether oxygens (including phenoxy) is 3. The van der Waals surface area contributed by atoms with Crippen LogP contribution in [-0.2, 0) is 14.2 Å². The molecule has 0 rings (SSSR count). The zero-order valence-corrected chi connectivity index (χ0v) is 7.80. The van der Waals surface area contributed by atoms with Crippen LogP contribution < -0.4 is 0 Å². The van der Waals surface area contributed by atoms with E-state index in [0.717, 1.165) is 0 Å². The molecular weight excluding hydrogens is 184 g/mol. The summed E-state index contributed by atoms with van der Waals surface area (Å²) in [6.45, 7) is 4.20. The van der Waals surface area contributed by atoms with Gasteiger partial charge in [0, 0.05) is 18.2 Å². The normalized spacial score (nSPS) is 9.83. The first-order valence-electron chi connectivity index (χ1n) is 3.75. The topological polar surface area (TPSA) is 44.8 Å². The number of carbonyl (C=O) groups is 1. The molecule has 0 aliphatic carbocycles. The molecule has 0 amide bonds. The molecule has 0 saturated carbocycles. The van der Waals surface area contributed by atoms with E-state index in [9.17, 15) is 4.79 Å². The molecule has 72 valence electrons. The zero-order valence-electron chi connectivity index (χ0n) is 7.05. The highest BCUT2D eigenvalue weighted by Gasteiger charge is 1.94. The summed E-state index contributed by atoms with van der Waals surface area (Å²) in [4.78, 5) is 10.0. The molecule has 0 saturated heterocycles. The highest BCUT2D eigenvalue weighted by atomic mass is 35.5. The van der Waals surface area contributed by atoms with Gasteiger partial charge in [0.2, 0.25) is 0 Å². The van der Waals surface area contributed by atoms with Crippen molar-refractivity contribution in [3.05, 3.63) is 0 Å². The summed E-state index contributed by atoms with van der Waals surface area (Å²) in [6.07, 6.45) is 0. The monoisotopic (exact) mass is 196 g/mol. The number of rotatable bonds is 7. The molecule has 0 aromatic heterocycles. The highest BCUT2D eigenvalue weighted by molar-refractivity contribution is 6.61. The molecule has 0 fully saturated rings. The summed E-state index contributed by atoms with van der Waals surface area (Å²) < 4.78 is 14.4. The number of hydrogen-bond acceptors (Lipinski definition) is 4. The Morgan fingerprint density at radius 2 is 1.75 bits per heavy atom. The maximum atomic E-state index is 10.0. The molecular formula is C7H13ClO4. The molecule has 0 aromatic carbocycles. The summed E-state index contributed by atoms with van der Waals surface area (Å²) in [6, 6.07) is 0. The highest BCUT2D eigenvalue weighted by Crippen LogP contribution is 1.86. The summed E-state index contributed by atoms with van der Waals surface area (Å²) in [5, 5.41) is 0. The lowest BCUT2D eigenvalue weighted by atomic mass is 10.7. The van der Waals surface area contributed by atoms with E-state index in [-0.39, 0.29) is 6.61 Å². The van der Waals surface area contributed by atoms with Gasteiger partial charge in [0.05, 0.1) is 19.8 Å². The standard InChI is InChI=1S/C7H13ClO4/c1-2-10-3-4-11-5-6-12-7(8)9/h2-6H2,1H3. The van der Waals surface area contributed by atoms with Crippen molar-refractivity contribution in [1.82, 2.24) is 0 Å². The Kier molecular flexibility index (Phi) is 8.54. The first kappa shape index (κ1) is 11.7. The fourth-order valence-electron chi connectivity index (χ4n) is 0.545. The van der Waals surface area contributed by atoms with Crippen molar-refractivity contribution in [2.75, 3.05) is 33.0 Å². The van der Waals surface area contributed by atoms with Gasteiger partial charge in [-0.15, -0.1) is 0 Å². The Bertz CT molecular complexity index is 118. The second kappa shape index (κ2) is 8.77. The summed E-state index contributed by atoms with van der Waals surface area (Å²) in [5.41, 5.74) is -0.802. The van der Waals surface area contributed by atoms with Gasteiger partial charge in [0.25, 0.3) is 0 Å². The van der Waals surface area contributed by atoms with Gasteiger partial charge >= 0.3 is 5.43 Å². The maximum Gasteiger partial charge on any atom is 0.403 e. The third-order valence-corrected chi connectivity index (χ3v) is 1.13. The minimum Gasteiger partial charge on any atom is -0.451 e. The molecule has 4 nitrogen and oxygen atoms in total. The van der Waals surface area contributed by atoms with Crippen molar-refractivity contribution >= 4 is 17.0 Å². The van der Waals surface area contributed by atoms with Crippen molar-refractivity contribution < 1.29 is 19.0 Å². The van der Waals surface area contributed by atoms with Crippen LogP contribution in [-0.4, -0.2) is 38.5 Å². The molecule has 0 radical (unpaired) electrons. The quantitative estimate of drug-likeness (QED) is 0.456. The molecule has 0 heterocycles. The molecule has 0 N–H and O–H groups in total. The van der Waals surface area contributed by atoms with Crippen LogP contribution in [0.5, 0.6) is 0 Å². The first-order valence-corrected chi connectivity index (χ1v) is 4.13. The fraction of sp³-hybridized carbons (Fsp3) is 0.857. The lowest BCUT2D eigenvalue weighted by molar-refractivity contribution is 0.0347. The van der Waals surface area contributed by atoms with Gasteiger partial charge in [0.1, 0.15) is 6.61 Å². The molecule has 0 aliphatic heterocycles. The predicted molar refractivity (Wildman–Crippen MR) is 44.5 cm³/mol. The Labute approximate surface area is 76.7 Å². The fourth-order valence-corrected chi connectivity index (χ4v) is 0.622. The van der Waals surface area contributed by atoms with Crippen LogP contribution in [0.25, 0.3) is 0 Å². The first-order chi connectivity index (χ1) is 5.77. The van der Waals surface area contributed by atoms with Crippen molar-refractivity contribution in [1.29, 1.82) is 0 Å². The number of halogens is 1. The maximum absolute atomic E-state index is 10.0. The lowest BCUT2D eigenvalue weighted by Crippen LogP contribution is -2.09. The third-order valence-electron chi connectivity index (χ3n) is 1.02. The van der Waals surface area contributed by atoms with Crippen molar-refractivity contribution in [2.45, 2.75) is 6.92 Å². The Morgan fingerprint density at radius 3 is 2.33 bits per heavy atom. The van der Waals surface area contributed by atoms with E-state index in [4.69, 9.17) is 21.1 Å². The molecule has 12 heavy (non-hydrogen) atoms. The van der Waals surface area contributed by atoms with Crippen molar-refractivity contribution in [3.8, 4) is 0 Å². The Balaban J connectivity index is 2.86. The molecule has 0 aromatic rings. The van der Waals surface area contributed by atoms with Crippen LogP contribution in [0.1, 0.15) is 6.92 Å². The van der Waals surface area contributed by atoms with Gasteiger partial charge in [-0.25, -0.2) is 4.79 Å². The average Bonchev–Trinajstić information content (AvgIpc) is 2.02. The molecule has 5 heteroatoms. The number of carbonyl (C=O) groups excluding carboxylic acids is 1. The van der Waals surface area contributed by atoms with E-state index in [1.165, 1.54) is 0 Å². The van der Waals surface area contributed by atoms with Crippen LogP contribution in [0.3, 0.4) is 0 Å². The number of hydrogen-bond donors (Lipinski definition) is 0. The smallest absolute Gasteiger partial charge is 0.403 e. The SMILES string of the molecule is CCOCCOCCOC(=O)Cl. The van der Waals surface area contributed by atoms with E-state index < -0.39 is 5.43 Å². The van der Waals surface area contributed by atoms with Crippen LogP contribution in [0, 0.1) is 0 Å². The molecule has 0 aliphatic rings. The zero-order chi connectivity index (χ0) is 9.23. The predicted octanol–water partition coefficient (Wildman–Crippen LogP) is 1.41. The largest absolute Gasteiger partial charge is 0.451 e. The van der Waals surface area contributed by atoms with Crippen molar-refractivity contribution in [3.63, 3.8) is 0 Å².